The summed E-state index contributed by atoms with van der Waals surface area (Å²) in [4.78, 5) is 9.54. The van der Waals surface area contributed by atoms with Crippen molar-refractivity contribution >= 4 is 42.4 Å². The van der Waals surface area contributed by atoms with Gasteiger partial charge in [0.25, 0.3) is 0 Å². The predicted octanol–water partition coefficient (Wildman–Crippen LogP) is 4.83. The number of rotatable bonds is 8. The number of nitrogens with zero attached hydrogens (tertiary/aromatic N) is 2. The number of ether oxygens (including phenoxy) is 2. The minimum Gasteiger partial charge on any atom is -0.457 e. The average molecular weight is 646 g/mol. The summed E-state index contributed by atoms with van der Waals surface area (Å²) in [6, 6.07) is 16.1. The Bertz CT molecular complexity index is 1920. The number of hydroxylamine groups is 1. The lowest BCUT2D eigenvalue weighted by molar-refractivity contribution is 0.0193. The predicted molar refractivity (Wildman–Crippen MR) is 166 cm³/mol. The largest absolute Gasteiger partial charge is 0.457 e. The van der Waals surface area contributed by atoms with Crippen molar-refractivity contribution in [1.82, 2.24) is 5.48 Å². The number of amidine groups is 1. The van der Waals surface area contributed by atoms with Crippen molar-refractivity contribution in [2.24, 2.45) is 4.99 Å². The van der Waals surface area contributed by atoms with Crippen LogP contribution in [0.2, 0.25) is 0 Å². The molecule has 5 rings (SSSR count). The first-order valence-corrected chi connectivity index (χ1v) is 17.4. The summed E-state index contributed by atoms with van der Waals surface area (Å²) in [5, 5.41) is 0.598. The van der Waals surface area contributed by atoms with Crippen LogP contribution in [-0.4, -0.2) is 67.7 Å². The molecular formula is C30H32FN3O8S2. The van der Waals surface area contributed by atoms with E-state index in [0.29, 0.717) is 56.4 Å². The summed E-state index contributed by atoms with van der Waals surface area (Å²) in [6.45, 7) is 1.56. The fourth-order valence-electron chi connectivity index (χ4n) is 5.18. The summed E-state index contributed by atoms with van der Waals surface area (Å²) in [5.74, 6) is 1.06. The molecule has 0 saturated heterocycles. The topological polar surface area (TPSA) is 137 Å². The molecule has 1 aliphatic heterocycles. The summed E-state index contributed by atoms with van der Waals surface area (Å²) >= 11 is 0. The number of sulfonamides is 1. The molecule has 1 N–H and O–H groups in total. The van der Waals surface area contributed by atoms with Crippen LogP contribution >= 0.6 is 0 Å². The van der Waals surface area contributed by atoms with Crippen LogP contribution in [0.4, 0.5) is 10.1 Å². The fourth-order valence-corrected chi connectivity index (χ4v) is 6.99. The second kappa shape index (κ2) is 12.2. The van der Waals surface area contributed by atoms with Crippen LogP contribution in [0.3, 0.4) is 0 Å². The number of nitrogens with one attached hydrogen (secondary N) is 1. The van der Waals surface area contributed by atoms with Gasteiger partial charge in [0.05, 0.1) is 49.1 Å². The van der Waals surface area contributed by atoms with E-state index in [2.05, 4.69) is 10.5 Å². The maximum absolute atomic E-state index is 13.3. The van der Waals surface area contributed by atoms with Gasteiger partial charge in [-0.2, -0.15) is 0 Å². The van der Waals surface area contributed by atoms with Gasteiger partial charge in [-0.05, 0) is 61.5 Å². The molecule has 1 aromatic heterocycles. The maximum Gasteiger partial charge on any atom is 0.232 e. The Balaban J connectivity index is 1.64. The van der Waals surface area contributed by atoms with Crippen LogP contribution in [0.25, 0.3) is 22.3 Å². The van der Waals surface area contributed by atoms with Gasteiger partial charge < -0.3 is 13.9 Å². The van der Waals surface area contributed by atoms with Gasteiger partial charge in [0, 0.05) is 35.9 Å². The third-order valence-electron chi connectivity index (χ3n) is 7.02. The highest BCUT2D eigenvalue weighted by molar-refractivity contribution is 7.92. The van der Waals surface area contributed by atoms with Crippen LogP contribution in [0.1, 0.15) is 24.2 Å². The highest BCUT2D eigenvalue weighted by Gasteiger charge is 2.35. The lowest BCUT2D eigenvalue weighted by atomic mass is 10.00. The molecule has 2 heterocycles. The first-order valence-electron chi connectivity index (χ1n) is 13.5. The lowest BCUT2D eigenvalue weighted by Gasteiger charge is -2.24. The van der Waals surface area contributed by atoms with Crippen molar-refractivity contribution in [2.75, 3.05) is 43.3 Å². The Hall–Kier alpha value is -3.98. The molecule has 0 radical (unpaired) electrons. The van der Waals surface area contributed by atoms with Crippen molar-refractivity contribution in [3.05, 3.63) is 77.6 Å². The van der Waals surface area contributed by atoms with Crippen LogP contribution in [0.5, 0.6) is 11.5 Å². The van der Waals surface area contributed by atoms with Crippen molar-refractivity contribution in [3.8, 4) is 22.8 Å². The number of fused-ring (bicyclic) bond motifs is 2. The van der Waals surface area contributed by atoms with Gasteiger partial charge in [0.1, 0.15) is 38.5 Å². The molecule has 4 aromatic rings. The quantitative estimate of drug-likeness (QED) is 0.162. The summed E-state index contributed by atoms with van der Waals surface area (Å²) in [7, 11) is -4.27. The van der Waals surface area contributed by atoms with E-state index in [1.807, 2.05) is 0 Å². The zero-order valence-electron chi connectivity index (χ0n) is 24.7. The van der Waals surface area contributed by atoms with E-state index < -0.39 is 32.1 Å². The van der Waals surface area contributed by atoms with Crippen LogP contribution in [0, 0.1) is 5.82 Å². The van der Waals surface area contributed by atoms with Gasteiger partial charge in [0.15, 0.2) is 5.84 Å². The molecule has 44 heavy (non-hydrogen) atoms. The minimum absolute atomic E-state index is 0.183. The van der Waals surface area contributed by atoms with E-state index in [1.165, 1.54) is 31.4 Å². The van der Waals surface area contributed by atoms with Crippen molar-refractivity contribution in [1.29, 1.82) is 0 Å². The van der Waals surface area contributed by atoms with E-state index in [4.69, 9.17) is 18.7 Å². The first kappa shape index (κ1) is 31.4. The molecular weight excluding hydrogens is 613 g/mol. The molecule has 0 spiro atoms. The van der Waals surface area contributed by atoms with Crippen LogP contribution < -0.4 is 14.5 Å². The number of benzene rings is 3. The molecule has 3 aromatic carbocycles. The number of sulfone groups is 1. The Labute approximate surface area is 255 Å². The van der Waals surface area contributed by atoms with E-state index in [9.17, 15) is 21.2 Å². The summed E-state index contributed by atoms with van der Waals surface area (Å²) in [6.07, 6.45) is 0.607. The molecule has 14 heteroatoms. The molecule has 234 valence electrons. The Morgan fingerprint density at radius 2 is 1.68 bits per heavy atom. The lowest BCUT2D eigenvalue weighted by Crippen LogP contribution is -2.39. The van der Waals surface area contributed by atoms with Crippen molar-refractivity contribution in [3.63, 3.8) is 0 Å². The van der Waals surface area contributed by atoms with E-state index >= 15 is 0 Å². The van der Waals surface area contributed by atoms with Gasteiger partial charge in [-0.15, -0.1) is 0 Å². The van der Waals surface area contributed by atoms with Crippen molar-refractivity contribution in [2.45, 2.75) is 19.1 Å². The van der Waals surface area contributed by atoms with Gasteiger partial charge >= 0.3 is 0 Å². The third-order valence-corrected chi connectivity index (χ3v) is 9.15. The molecule has 2 atom stereocenters. The Morgan fingerprint density at radius 1 is 1.05 bits per heavy atom. The first-order chi connectivity index (χ1) is 20.8. The number of furan rings is 1. The normalized spacial score (nSPS) is 17.8. The zero-order valence-corrected chi connectivity index (χ0v) is 26.3. The van der Waals surface area contributed by atoms with Gasteiger partial charge in [-0.3, -0.25) is 14.1 Å². The second-order valence-electron chi connectivity index (χ2n) is 10.5. The standard InChI is InChI=1S/C30H32FN3O8S2/c1-18-24-14-25-27(15-26(24)34(44(5,37)38)16-23(40-18)17-43(4,35)36)42-29(28(25)30(32-2)33-39-3)19-6-10-21(11-7-19)41-22-12-8-20(31)9-13-22/h6-15,18,23H,16-17H2,1-5H3,(H,32,33)/t18-,23-/m0/s1. The SMILES string of the molecule is CN=C(NOC)c1c(-c2ccc(Oc3ccc(F)cc3)cc2)oc2cc3c(cc12)[C@H](C)O[C@H](CS(C)(=O)=O)CN3S(C)(=O)=O. The average Bonchev–Trinajstić information content (AvgIpc) is 3.25. The second-order valence-corrected chi connectivity index (χ2v) is 14.6. The Kier molecular flexibility index (Phi) is 8.71. The van der Waals surface area contributed by atoms with Crippen LogP contribution in [-0.2, 0) is 29.4 Å². The molecule has 0 bridgehead atoms. The van der Waals surface area contributed by atoms with E-state index in [1.54, 1.807) is 50.4 Å². The molecule has 0 aliphatic carbocycles. The molecule has 11 nitrogen and oxygen atoms in total. The molecule has 0 unspecified atom stereocenters. The summed E-state index contributed by atoms with van der Waals surface area (Å²) in [5.41, 5.74) is 5.22. The van der Waals surface area contributed by atoms with Crippen LogP contribution in [0.15, 0.2) is 70.1 Å². The van der Waals surface area contributed by atoms with Crippen molar-refractivity contribution < 1.29 is 40.0 Å². The highest BCUT2D eigenvalue weighted by Crippen LogP contribution is 2.42. The van der Waals surface area contributed by atoms with Gasteiger partial charge in [0.2, 0.25) is 10.0 Å². The molecule has 0 saturated carbocycles. The highest BCUT2D eigenvalue weighted by atomic mass is 32.2. The number of aliphatic imine (C=N–C) groups is 1. The van der Waals surface area contributed by atoms with Gasteiger partial charge in [-0.1, -0.05) is 0 Å². The minimum atomic E-state index is -3.84. The Morgan fingerprint density at radius 3 is 2.25 bits per heavy atom. The monoisotopic (exact) mass is 645 g/mol. The smallest absolute Gasteiger partial charge is 0.232 e. The van der Waals surface area contributed by atoms with E-state index in [-0.39, 0.29) is 18.1 Å². The maximum atomic E-state index is 13.3. The zero-order chi connectivity index (χ0) is 31.8. The number of hydrogen-bond donors (Lipinski definition) is 1. The molecule has 0 amide bonds. The number of halogens is 1. The summed E-state index contributed by atoms with van der Waals surface area (Å²) < 4.78 is 82.9. The fraction of sp³-hybridized carbons (Fsp3) is 0.300. The molecule has 0 fully saturated rings. The number of anilines is 1. The third kappa shape index (κ3) is 6.73. The number of hydrogen-bond acceptors (Lipinski definition) is 9. The van der Waals surface area contributed by atoms with E-state index in [0.717, 1.165) is 16.8 Å². The molecule has 1 aliphatic rings. The van der Waals surface area contributed by atoms with Gasteiger partial charge in [-0.25, -0.2) is 26.7 Å².